The average Bonchev–Trinajstić information content (AvgIpc) is 2.58. The van der Waals surface area contributed by atoms with Crippen molar-refractivity contribution in [2.45, 2.75) is 6.04 Å². The maximum Gasteiger partial charge on any atom is 0.124 e. The van der Waals surface area contributed by atoms with Crippen LogP contribution in [-0.4, -0.2) is 38.2 Å². The Hall–Kier alpha value is -1.43. The van der Waals surface area contributed by atoms with Gasteiger partial charge in [-0.1, -0.05) is 28.1 Å². The third kappa shape index (κ3) is 3.74. The summed E-state index contributed by atoms with van der Waals surface area (Å²) in [7, 11) is 1.63. The fourth-order valence-corrected chi connectivity index (χ4v) is 3.36. The average molecular weight is 379 g/mol. The second kappa shape index (κ2) is 7.43. The highest BCUT2D eigenvalue weighted by atomic mass is 79.9. The second-order valence-corrected chi connectivity index (χ2v) is 6.54. The molecule has 1 fully saturated rings. The first-order valence-corrected chi connectivity index (χ1v) is 8.52. The highest BCUT2D eigenvalue weighted by Crippen LogP contribution is 2.35. The Kier molecular flexibility index (Phi) is 5.30. The first-order valence-electron chi connectivity index (χ1n) is 7.72. The first-order chi connectivity index (χ1) is 11.2. The first kappa shape index (κ1) is 16.4. The van der Waals surface area contributed by atoms with Crippen molar-refractivity contribution in [3.05, 3.63) is 63.9 Å². The maximum absolute atomic E-state index is 13.9. The number of ether oxygens (including phenoxy) is 1. The van der Waals surface area contributed by atoms with Crippen LogP contribution < -0.4 is 10.1 Å². The molecule has 1 aliphatic heterocycles. The normalized spacial score (nSPS) is 17.0. The van der Waals surface area contributed by atoms with Crippen LogP contribution in [0.1, 0.15) is 17.2 Å². The molecule has 1 N–H and O–H groups in total. The summed E-state index contributed by atoms with van der Waals surface area (Å²) in [6.07, 6.45) is 0. The van der Waals surface area contributed by atoms with Crippen LogP contribution in [0, 0.1) is 5.82 Å². The number of halogens is 2. The molecule has 0 saturated carbocycles. The lowest BCUT2D eigenvalue weighted by atomic mass is 9.95. The van der Waals surface area contributed by atoms with Crippen molar-refractivity contribution in [3.63, 3.8) is 0 Å². The molecular formula is C18H20BrFN2O. The lowest BCUT2D eigenvalue weighted by Crippen LogP contribution is -2.45. The zero-order chi connectivity index (χ0) is 16.2. The molecule has 122 valence electrons. The molecule has 3 nitrogen and oxygen atoms in total. The molecule has 1 aliphatic rings. The fraction of sp³-hybridized carbons (Fsp3) is 0.333. The van der Waals surface area contributed by atoms with Crippen molar-refractivity contribution in [1.29, 1.82) is 0 Å². The van der Waals surface area contributed by atoms with Gasteiger partial charge in [-0.15, -0.1) is 0 Å². The highest BCUT2D eigenvalue weighted by molar-refractivity contribution is 9.10. The van der Waals surface area contributed by atoms with Crippen LogP contribution in [0.15, 0.2) is 46.9 Å². The van der Waals surface area contributed by atoms with E-state index in [0.717, 1.165) is 47.5 Å². The number of nitrogens with one attached hydrogen (secondary N) is 1. The summed E-state index contributed by atoms with van der Waals surface area (Å²) in [6, 6.07) is 12.9. The lowest BCUT2D eigenvalue weighted by molar-refractivity contribution is 0.195. The van der Waals surface area contributed by atoms with E-state index in [-0.39, 0.29) is 11.9 Å². The number of piperazine rings is 1. The van der Waals surface area contributed by atoms with Gasteiger partial charge in [0.25, 0.3) is 0 Å². The van der Waals surface area contributed by atoms with E-state index in [1.54, 1.807) is 19.2 Å². The van der Waals surface area contributed by atoms with Gasteiger partial charge in [0.1, 0.15) is 11.6 Å². The van der Waals surface area contributed by atoms with Crippen molar-refractivity contribution < 1.29 is 9.13 Å². The van der Waals surface area contributed by atoms with Gasteiger partial charge in [0.15, 0.2) is 0 Å². The smallest absolute Gasteiger partial charge is 0.124 e. The Labute approximate surface area is 144 Å². The zero-order valence-electron chi connectivity index (χ0n) is 13.1. The lowest BCUT2D eigenvalue weighted by Gasteiger charge is -2.36. The van der Waals surface area contributed by atoms with Gasteiger partial charge < -0.3 is 10.1 Å². The number of nitrogens with zero attached hydrogens (tertiary/aromatic N) is 1. The predicted molar refractivity (Wildman–Crippen MR) is 93.4 cm³/mol. The molecule has 0 aliphatic carbocycles. The van der Waals surface area contributed by atoms with Gasteiger partial charge in [-0.25, -0.2) is 4.39 Å². The van der Waals surface area contributed by atoms with E-state index in [1.807, 2.05) is 12.1 Å². The van der Waals surface area contributed by atoms with Crippen LogP contribution in [0.2, 0.25) is 0 Å². The van der Waals surface area contributed by atoms with Crippen LogP contribution in [0.25, 0.3) is 0 Å². The molecule has 1 atom stereocenters. The number of rotatable bonds is 4. The van der Waals surface area contributed by atoms with Gasteiger partial charge in [0.05, 0.1) is 13.2 Å². The topological polar surface area (TPSA) is 24.5 Å². The molecule has 5 heteroatoms. The minimum absolute atomic E-state index is 0.0177. The minimum atomic E-state index is -0.238. The molecule has 1 unspecified atom stereocenters. The second-order valence-electron chi connectivity index (χ2n) is 5.63. The Balaban J connectivity index is 2.07. The summed E-state index contributed by atoms with van der Waals surface area (Å²) in [5.74, 6) is 0.482. The van der Waals surface area contributed by atoms with Crippen molar-refractivity contribution >= 4 is 15.9 Å². The molecule has 0 aromatic heterocycles. The number of hydrogen-bond acceptors (Lipinski definition) is 3. The Morgan fingerprint density at radius 1 is 1.13 bits per heavy atom. The summed E-state index contributed by atoms with van der Waals surface area (Å²) < 4.78 is 20.4. The van der Waals surface area contributed by atoms with Crippen LogP contribution in [0.3, 0.4) is 0 Å². The summed E-state index contributed by atoms with van der Waals surface area (Å²) in [4.78, 5) is 2.37. The molecule has 1 saturated heterocycles. The van der Waals surface area contributed by atoms with E-state index in [1.165, 1.54) is 6.07 Å². The SMILES string of the molecule is COc1ccc(F)cc1C(c1ccc(Br)cc1)N1CCNCC1. The molecule has 0 amide bonds. The number of benzene rings is 2. The van der Waals surface area contributed by atoms with Gasteiger partial charge in [-0.05, 0) is 35.9 Å². The zero-order valence-corrected chi connectivity index (χ0v) is 14.6. The third-order valence-electron chi connectivity index (χ3n) is 4.19. The van der Waals surface area contributed by atoms with Gasteiger partial charge in [0.2, 0.25) is 0 Å². The van der Waals surface area contributed by atoms with Crippen LogP contribution in [0.5, 0.6) is 5.75 Å². The maximum atomic E-state index is 13.9. The largest absolute Gasteiger partial charge is 0.496 e. The summed E-state index contributed by atoms with van der Waals surface area (Å²) >= 11 is 3.48. The molecule has 2 aromatic rings. The predicted octanol–water partition coefficient (Wildman–Crippen LogP) is 3.59. The molecule has 23 heavy (non-hydrogen) atoms. The summed E-state index contributed by atoms with van der Waals surface area (Å²) in [6.45, 7) is 3.70. The van der Waals surface area contributed by atoms with E-state index in [0.29, 0.717) is 0 Å². The van der Waals surface area contributed by atoms with Gasteiger partial charge in [-0.2, -0.15) is 0 Å². The van der Waals surface area contributed by atoms with Crippen molar-refractivity contribution in [2.24, 2.45) is 0 Å². The molecule has 3 rings (SSSR count). The molecule has 0 spiro atoms. The van der Waals surface area contributed by atoms with E-state index < -0.39 is 0 Å². The van der Waals surface area contributed by atoms with E-state index in [9.17, 15) is 4.39 Å². The Morgan fingerprint density at radius 3 is 2.48 bits per heavy atom. The van der Waals surface area contributed by atoms with E-state index in [4.69, 9.17) is 4.74 Å². The van der Waals surface area contributed by atoms with Crippen LogP contribution in [0.4, 0.5) is 4.39 Å². The van der Waals surface area contributed by atoms with Crippen LogP contribution >= 0.6 is 15.9 Å². The number of hydrogen-bond donors (Lipinski definition) is 1. The molecule has 2 aromatic carbocycles. The minimum Gasteiger partial charge on any atom is -0.496 e. The van der Waals surface area contributed by atoms with E-state index >= 15 is 0 Å². The van der Waals surface area contributed by atoms with Gasteiger partial charge in [-0.3, -0.25) is 4.90 Å². The molecular weight excluding hydrogens is 359 g/mol. The Bertz CT molecular complexity index is 657. The Morgan fingerprint density at radius 2 is 1.83 bits per heavy atom. The van der Waals surface area contributed by atoms with E-state index in [2.05, 4.69) is 38.3 Å². The standard InChI is InChI=1S/C18H20BrFN2O/c1-23-17-7-6-15(20)12-16(17)18(22-10-8-21-9-11-22)13-2-4-14(19)5-3-13/h2-7,12,18,21H,8-11H2,1H3. The fourth-order valence-electron chi connectivity index (χ4n) is 3.09. The quantitative estimate of drug-likeness (QED) is 0.879. The molecule has 0 bridgehead atoms. The summed E-state index contributed by atoms with van der Waals surface area (Å²) in [5, 5.41) is 3.37. The van der Waals surface area contributed by atoms with Crippen molar-refractivity contribution in [1.82, 2.24) is 10.2 Å². The van der Waals surface area contributed by atoms with Gasteiger partial charge >= 0.3 is 0 Å². The number of methoxy groups -OCH3 is 1. The van der Waals surface area contributed by atoms with Crippen molar-refractivity contribution in [3.8, 4) is 5.75 Å². The van der Waals surface area contributed by atoms with Gasteiger partial charge in [0, 0.05) is 36.2 Å². The molecule has 0 radical (unpaired) electrons. The monoisotopic (exact) mass is 378 g/mol. The summed E-state index contributed by atoms with van der Waals surface area (Å²) in [5.41, 5.74) is 2.01. The molecule has 1 heterocycles. The van der Waals surface area contributed by atoms with Crippen molar-refractivity contribution in [2.75, 3.05) is 33.3 Å². The third-order valence-corrected chi connectivity index (χ3v) is 4.72. The van der Waals surface area contributed by atoms with Crippen LogP contribution in [-0.2, 0) is 0 Å². The highest BCUT2D eigenvalue weighted by Gasteiger charge is 2.26.